The molecular weight excluding hydrogens is 294 g/mol. The van der Waals surface area contributed by atoms with Crippen molar-refractivity contribution in [3.63, 3.8) is 0 Å². The van der Waals surface area contributed by atoms with Gasteiger partial charge in [-0.1, -0.05) is 43.4 Å². The van der Waals surface area contributed by atoms with Crippen LogP contribution in [0.15, 0.2) is 54.1 Å². The normalized spacial score (nSPS) is 11.6. The second-order valence-electron chi connectivity index (χ2n) is 4.50. The van der Waals surface area contributed by atoms with Gasteiger partial charge in [-0.15, -0.1) is 0 Å². The monoisotopic (exact) mass is 311 g/mol. The molecule has 0 amide bonds. The van der Waals surface area contributed by atoms with Gasteiger partial charge in [0.2, 0.25) is 0 Å². The fraction of sp³-hybridized carbons (Fsp3) is 0.167. The van der Waals surface area contributed by atoms with Gasteiger partial charge >= 0.3 is 11.9 Å². The van der Waals surface area contributed by atoms with Crippen LogP contribution in [0.4, 0.5) is 0 Å². The molecule has 0 aromatic heterocycles. The van der Waals surface area contributed by atoms with Crippen LogP contribution in [0.2, 0.25) is 0 Å². The SMILES string of the molecule is CCCOC(=O)c1ccc(/C=C/C=C/C=C(\C#N)C(=O)O)cc1. The van der Waals surface area contributed by atoms with E-state index in [1.807, 2.05) is 6.92 Å². The second-order valence-corrected chi connectivity index (χ2v) is 4.50. The van der Waals surface area contributed by atoms with E-state index in [2.05, 4.69) is 0 Å². The van der Waals surface area contributed by atoms with Crippen LogP contribution in [0.5, 0.6) is 0 Å². The third-order valence-corrected chi connectivity index (χ3v) is 2.71. The highest BCUT2D eigenvalue weighted by Crippen LogP contribution is 2.08. The number of ether oxygens (including phenoxy) is 1. The Bertz CT molecular complexity index is 676. The average molecular weight is 311 g/mol. The third kappa shape index (κ3) is 6.44. The van der Waals surface area contributed by atoms with E-state index in [0.29, 0.717) is 12.2 Å². The lowest BCUT2D eigenvalue weighted by Crippen LogP contribution is -2.05. The Labute approximate surface area is 134 Å². The topological polar surface area (TPSA) is 87.4 Å². The van der Waals surface area contributed by atoms with E-state index in [0.717, 1.165) is 12.0 Å². The lowest BCUT2D eigenvalue weighted by atomic mass is 10.1. The van der Waals surface area contributed by atoms with Crippen LogP contribution in [0.1, 0.15) is 29.3 Å². The Morgan fingerprint density at radius 3 is 2.48 bits per heavy atom. The molecule has 0 unspecified atom stereocenters. The van der Waals surface area contributed by atoms with E-state index >= 15 is 0 Å². The minimum atomic E-state index is -1.26. The Balaban J connectivity index is 2.63. The molecule has 0 spiro atoms. The number of carboxylic acids is 1. The number of hydrogen-bond donors (Lipinski definition) is 1. The van der Waals surface area contributed by atoms with E-state index < -0.39 is 5.97 Å². The number of nitrogens with zero attached hydrogens (tertiary/aromatic N) is 1. The summed E-state index contributed by atoms with van der Waals surface area (Å²) >= 11 is 0. The molecule has 0 bridgehead atoms. The van der Waals surface area contributed by atoms with Crippen LogP contribution in [0, 0.1) is 11.3 Å². The van der Waals surface area contributed by atoms with Crippen molar-refractivity contribution in [3.05, 3.63) is 65.3 Å². The Morgan fingerprint density at radius 1 is 1.22 bits per heavy atom. The highest BCUT2D eigenvalue weighted by molar-refractivity contribution is 5.91. The van der Waals surface area contributed by atoms with Gasteiger partial charge in [0.15, 0.2) is 0 Å². The standard InChI is InChI=1S/C18H17NO4/c1-2-12-23-18(22)15-10-8-14(9-11-15)6-4-3-5-7-16(13-19)17(20)21/h3-11H,2,12H2,1H3,(H,20,21)/b5-3+,6-4+,16-7+. The van der Waals surface area contributed by atoms with Crippen molar-refractivity contribution in [1.29, 1.82) is 5.26 Å². The molecule has 118 valence electrons. The van der Waals surface area contributed by atoms with Crippen LogP contribution >= 0.6 is 0 Å². The Morgan fingerprint density at radius 2 is 1.91 bits per heavy atom. The summed E-state index contributed by atoms with van der Waals surface area (Å²) in [4.78, 5) is 22.2. The molecule has 0 saturated heterocycles. The van der Waals surface area contributed by atoms with Crippen molar-refractivity contribution in [2.24, 2.45) is 0 Å². The number of carboxylic acid groups (broad SMARTS) is 1. The largest absolute Gasteiger partial charge is 0.477 e. The van der Waals surface area contributed by atoms with Crippen molar-refractivity contribution < 1.29 is 19.4 Å². The molecule has 0 aliphatic carbocycles. The van der Waals surface area contributed by atoms with Gasteiger partial charge in [0, 0.05) is 0 Å². The lowest BCUT2D eigenvalue weighted by Gasteiger charge is -2.02. The molecule has 0 aliphatic heterocycles. The number of aliphatic carboxylic acids is 1. The molecule has 1 aromatic carbocycles. The van der Waals surface area contributed by atoms with Gasteiger partial charge in [-0.05, 0) is 30.2 Å². The van der Waals surface area contributed by atoms with Crippen molar-refractivity contribution in [1.82, 2.24) is 0 Å². The molecule has 23 heavy (non-hydrogen) atoms. The van der Waals surface area contributed by atoms with E-state index in [9.17, 15) is 9.59 Å². The fourth-order valence-corrected chi connectivity index (χ4v) is 1.55. The minimum absolute atomic E-state index is 0.329. The Kier molecular flexibility index (Phi) is 7.59. The maximum atomic E-state index is 11.6. The highest BCUT2D eigenvalue weighted by atomic mass is 16.5. The predicted octanol–water partition coefficient (Wildman–Crippen LogP) is 3.36. The molecule has 0 aliphatic rings. The molecule has 0 heterocycles. The number of carbonyl (C=O) groups is 2. The van der Waals surface area contributed by atoms with Crippen LogP contribution in [0.3, 0.4) is 0 Å². The number of allylic oxidation sites excluding steroid dienone is 4. The van der Waals surface area contributed by atoms with Gasteiger partial charge < -0.3 is 9.84 Å². The molecule has 0 fully saturated rings. The molecule has 1 N–H and O–H groups in total. The van der Waals surface area contributed by atoms with Gasteiger partial charge in [-0.25, -0.2) is 9.59 Å². The molecular formula is C18H17NO4. The van der Waals surface area contributed by atoms with Gasteiger partial charge in [-0.2, -0.15) is 5.26 Å². The zero-order valence-corrected chi connectivity index (χ0v) is 12.7. The summed E-state index contributed by atoms with van der Waals surface area (Å²) in [7, 11) is 0. The number of benzene rings is 1. The first-order valence-corrected chi connectivity index (χ1v) is 7.04. The van der Waals surface area contributed by atoms with Crippen LogP contribution in [-0.4, -0.2) is 23.7 Å². The quantitative estimate of drug-likeness (QED) is 0.361. The molecule has 1 rings (SSSR count). The van der Waals surface area contributed by atoms with Crippen LogP contribution in [-0.2, 0) is 9.53 Å². The molecule has 0 radical (unpaired) electrons. The van der Waals surface area contributed by atoms with E-state index in [1.165, 1.54) is 12.2 Å². The summed E-state index contributed by atoms with van der Waals surface area (Å²) in [6.45, 7) is 2.33. The summed E-state index contributed by atoms with van der Waals surface area (Å²) in [6, 6.07) is 8.50. The summed E-state index contributed by atoms with van der Waals surface area (Å²) in [6.07, 6.45) is 8.58. The maximum absolute atomic E-state index is 11.6. The van der Waals surface area contributed by atoms with Crippen molar-refractivity contribution in [2.75, 3.05) is 6.61 Å². The van der Waals surface area contributed by atoms with E-state index in [4.69, 9.17) is 15.1 Å². The number of hydrogen-bond acceptors (Lipinski definition) is 4. The predicted molar refractivity (Wildman–Crippen MR) is 86.5 cm³/mol. The lowest BCUT2D eigenvalue weighted by molar-refractivity contribution is -0.132. The first-order valence-electron chi connectivity index (χ1n) is 7.04. The zero-order valence-electron chi connectivity index (χ0n) is 12.7. The van der Waals surface area contributed by atoms with Crippen molar-refractivity contribution in [2.45, 2.75) is 13.3 Å². The second kappa shape index (κ2) is 9.74. The first kappa shape index (κ1) is 17.9. The molecule has 5 nitrogen and oxygen atoms in total. The zero-order chi connectivity index (χ0) is 17.1. The molecule has 1 aromatic rings. The summed E-state index contributed by atoms with van der Waals surface area (Å²) in [5.74, 6) is -1.60. The number of nitriles is 1. The smallest absolute Gasteiger partial charge is 0.346 e. The third-order valence-electron chi connectivity index (χ3n) is 2.71. The summed E-state index contributed by atoms with van der Waals surface area (Å²) < 4.78 is 5.03. The summed E-state index contributed by atoms with van der Waals surface area (Å²) in [5, 5.41) is 17.2. The van der Waals surface area contributed by atoms with E-state index in [1.54, 1.807) is 48.6 Å². The highest BCUT2D eigenvalue weighted by Gasteiger charge is 2.05. The number of esters is 1. The Hall–Kier alpha value is -3.13. The average Bonchev–Trinajstić information content (AvgIpc) is 2.56. The summed E-state index contributed by atoms with van der Waals surface area (Å²) in [5.41, 5.74) is 1.04. The first-order chi connectivity index (χ1) is 11.1. The fourth-order valence-electron chi connectivity index (χ4n) is 1.55. The minimum Gasteiger partial charge on any atom is -0.477 e. The molecule has 0 atom stereocenters. The molecule has 0 saturated carbocycles. The van der Waals surface area contributed by atoms with Crippen LogP contribution in [0.25, 0.3) is 6.08 Å². The van der Waals surface area contributed by atoms with Gasteiger partial charge in [0.05, 0.1) is 12.2 Å². The van der Waals surface area contributed by atoms with Gasteiger partial charge in [0.1, 0.15) is 11.6 Å². The van der Waals surface area contributed by atoms with Gasteiger partial charge in [-0.3, -0.25) is 0 Å². The number of rotatable bonds is 7. The van der Waals surface area contributed by atoms with E-state index in [-0.39, 0.29) is 11.5 Å². The van der Waals surface area contributed by atoms with Crippen LogP contribution < -0.4 is 0 Å². The van der Waals surface area contributed by atoms with Gasteiger partial charge in [0.25, 0.3) is 0 Å². The maximum Gasteiger partial charge on any atom is 0.346 e. The molecule has 5 heteroatoms. The number of carbonyl (C=O) groups excluding carboxylic acids is 1. The van der Waals surface area contributed by atoms with Crippen molar-refractivity contribution in [3.8, 4) is 6.07 Å². The van der Waals surface area contributed by atoms with Crippen molar-refractivity contribution >= 4 is 18.0 Å².